The number of ether oxygens (including phenoxy) is 1. The highest BCUT2D eigenvalue weighted by Crippen LogP contribution is 2.41. The second-order valence-electron chi connectivity index (χ2n) is 10.9. The third-order valence-corrected chi connectivity index (χ3v) is 8.08. The first-order valence-electron chi connectivity index (χ1n) is 13.7. The standard InChI is InChI=1S/C29H37ClFN5O3/c1-6-7-22(37)15-38-23-8-9-25(30)24(11-23)28-32-27(26-18(4)34-39-19(26)5)17(3)29(33-28)36-14-20-10-21(36)13-35(20)12-16(2)31/h8-9,11,16,20-22,37H,6-7,10,12-15H2,1-5H3/t16?,20-,21-,22-/m1/s1. The van der Waals surface area contributed by atoms with E-state index in [1.807, 2.05) is 33.8 Å². The van der Waals surface area contributed by atoms with E-state index in [4.69, 9.17) is 30.8 Å². The summed E-state index contributed by atoms with van der Waals surface area (Å²) in [5, 5.41) is 14.8. The molecule has 10 heteroatoms. The van der Waals surface area contributed by atoms with Crippen molar-refractivity contribution in [1.29, 1.82) is 0 Å². The van der Waals surface area contributed by atoms with Gasteiger partial charge in [-0.25, -0.2) is 14.4 Å². The van der Waals surface area contributed by atoms with Gasteiger partial charge in [-0.05, 0) is 58.7 Å². The average molecular weight is 558 g/mol. The number of fused-ring (bicyclic) bond motifs is 2. The second-order valence-corrected chi connectivity index (χ2v) is 11.3. The fourth-order valence-electron chi connectivity index (χ4n) is 5.90. The van der Waals surface area contributed by atoms with Gasteiger partial charge < -0.3 is 19.3 Å². The molecule has 2 bridgehead atoms. The van der Waals surface area contributed by atoms with Crippen LogP contribution in [0.3, 0.4) is 0 Å². The van der Waals surface area contributed by atoms with Crippen LogP contribution in [-0.4, -0.2) is 75.7 Å². The minimum atomic E-state index is -0.851. The maximum atomic E-state index is 13.8. The summed E-state index contributed by atoms with van der Waals surface area (Å²) < 4.78 is 25.1. The molecule has 2 aliphatic rings. The van der Waals surface area contributed by atoms with Gasteiger partial charge in [0.25, 0.3) is 0 Å². The van der Waals surface area contributed by atoms with E-state index in [-0.39, 0.29) is 12.6 Å². The quantitative estimate of drug-likeness (QED) is 0.348. The highest BCUT2D eigenvalue weighted by Gasteiger charge is 2.44. The molecular weight excluding hydrogens is 521 g/mol. The van der Waals surface area contributed by atoms with Crippen LogP contribution in [0.2, 0.25) is 5.02 Å². The van der Waals surface area contributed by atoms with Crippen LogP contribution < -0.4 is 9.64 Å². The van der Waals surface area contributed by atoms with Crippen molar-refractivity contribution >= 4 is 17.4 Å². The van der Waals surface area contributed by atoms with E-state index in [1.165, 1.54) is 0 Å². The summed E-state index contributed by atoms with van der Waals surface area (Å²) in [5.41, 5.74) is 3.94. The maximum absolute atomic E-state index is 13.8. The van der Waals surface area contributed by atoms with Crippen LogP contribution in [0.25, 0.3) is 22.6 Å². The molecule has 5 rings (SSSR count). The highest BCUT2D eigenvalue weighted by molar-refractivity contribution is 6.33. The SMILES string of the molecule is CCC[C@@H](O)COc1ccc(Cl)c(-c2nc(-c3c(C)noc3C)c(C)c(N3C[C@H]4C[C@@H]3CN4CC(C)F)n2)c1. The summed E-state index contributed by atoms with van der Waals surface area (Å²) in [6.07, 6.45) is 1.15. The molecule has 0 spiro atoms. The molecule has 4 heterocycles. The molecule has 4 atom stereocenters. The number of aromatic nitrogens is 3. The third-order valence-electron chi connectivity index (χ3n) is 7.75. The number of aliphatic hydroxyl groups excluding tert-OH is 1. The van der Waals surface area contributed by atoms with Gasteiger partial charge in [0.2, 0.25) is 0 Å². The Morgan fingerprint density at radius 1 is 1.21 bits per heavy atom. The minimum Gasteiger partial charge on any atom is -0.491 e. The molecular formula is C29H37ClFN5O3. The Bertz CT molecular complexity index is 1310. The number of nitrogens with zero attached hydrogens (tertiary/aromatic N) is 5. The smallest absolute Gasteiger partial charge is 0.163 e. The van der Waals surface area contributed by atoms with Crippen molar-refractivity contribution in [1.82, 2.24) is 20.0 Å². The van der Waals surface area contributed by atoms with Crippen LogP contribution in [-0.2, 0) is 0 Å². The van der Waals surface area contributed by atoms with Crippen LogP contribution in [0, 0.1) is 20.8 Å². The van der Waals surface area contributed by atoms with Gasteiger partial charge in [-0.15, -0.1) is 0 Å². The number of aliphatic hydroxyl groups is 1. The van der Waals surface area contributed by atoms with Crippen LogP contribution >= 0.6 is 11.6 Å². The predicted octanol–water partition coefficient (Wildman–Crippen LogP) is 5.54. The molecule has 0 aliphatic carbocycles. The largest absolute Gasteiger partial charge is 0.491 e. The Balaban J connectivity index is 1.55. The lowest BCUT2D eigenvalue weighted by Gasteiger charge is -2.36. The lowest BCUT2D eigenvalue weighted by molar-refractivity contribution is 0.0994. The van der Waals surface area contributed by atoms with Gasteiger partial charge in [-0.3, -0.25) is 4.90 Å². The van der Waals surface area contributed by atoms with E-state index < -0.39 is 12.3 Å². The lowest BCUT2D eigenvalue weighted by atomic mass is 10.0. The molecule has 2 fully saturated rings. The van der Waals surface area contributed by atoms with Crippen molar-refractivity contribution in [3.8, 4) is 28.4 Å². The zero-order valence-corrected chi connectivity index (χ0v) is 24.0. The zero-order chi connectivity index (χ0) is 27.8. The number of hydrogen-bond acceptors (Lipinski definition) is 8. The number of rotatable bonds is 10. The summed E-state index contributed by atoms with van der Waals surface area (Å²) in [4.78, 5) is 14.7. The zero-order valence-electron chi connectivity index (χ0n) is 23.2. The van der Waals surface area contributed by atoms with Crippen molar-refractivity contribution in [2.45, 2.75) is 78.2 Å². The summed E-state index contributed by atoms with van der Waals surface area (Å²) in [6.45, 7) is 11.7. The Kier molecular flexibility index (Phi) is 8.12. The number of halogens is 2. The number of likely N-dealkylation sites (tertiary alicyclic amines) is 1. The molecule has 1 unspecified atom stereocenters. The summed E-state index contributed by atoms with van der Waals surface area (Å²) >= 11 is 6.69. The summed E-state index contributed by atoms with van der Waals surface area (Å²) in [6, 6.07) is 5.92. The van der Waals surface area contributed by atoms with Gasteiger partial charge >= 0.3 is 0 Å². The first-order valence-corrected chi connectivity index (χ1v) is 14.1. The fourth-order valence-corrected chi connectivity index (χ4v) is 6.10. The molecule has 1 aromatic carbocycles. The fraction of sp³-hybridized carbons (Fsp3) is 0.552. The molecule has 2 aliphatic heterocycles. The predicted molar refractivity (Wildman–Crippen MR) is 150 cm³/mol. The van der Waals surface area contributed by atoms with Gasteiger partial charge in [0, 0.05) is 42.8 Å². The third kappa shape index (κ3) is 5.62. The summed E-state index contributed by atoms with van der Waals surface area (Å²) in [5.74, 6) is 2.60. The van der Waals surface area contributed by atoms with Gasteiger partial charge in [-0.1, -0.05) is 30.1 Å². The maximum Gasteiger partial charge on any atom is 0.163 e. The normalized spacial score (nSPS) is 20.6. The molecule has 3 aromatic rings. The monoisotopic (exact) mass is 557 g/mol. The minimum absolute atomic E-state index is 0.199. The number of piperazine rings is 1. The number of aryl methyl sites for hydroxylation is 2. The first kappa shape index (κ1) is 27.8. The molecule has 8 nitrogen and oxygen atoms in total. The molecule has 2 saturated heterocycles. The van der Waals surface area contributed by atoms with Crippen LogP contribution in [0.4, 0.5) is 10.2 Å². The van der Waals surface area contributed by atoms with E-state index in [1.54, 1.807) is 19.1 Å². The first-order chi connectivity index (χ1) is 18.7. The van der Waals surface area contributed by atoms with Crippen LogP contribution in [0.1, 0.15) is 50.1 Å². The van der Waals surface area contributed by atoms with Crippen LogP contribution in [0.5, 0.6) is 5.75 Å². The molecule has 1 N–H and O–H groups in total. The van der Waals surface area contributed by atoms with Crippen molar-refractivity contribution in [2.24, 2.45) is 0 Å². The van der Waals surface area contributed by atoms with Crippen molar-refractivity contribution in [2.75, 3.05) is 31.1 Å². The summed E-state index contributed by atoms with van der Waals surface area (Å²) in [7, 11) is 0. The van der Waals surface area contributed by atoms with Gasteiger partial charge in [0.1, 0.15) is 30.1 Å². The molecule has 0 amide bonds. The number of benzene rings is 1. The van der Waals surface area contributed by atoms with Crippen LogP contribution in [0.15, 0.2) is 22.7 Å². The topological polar surface area (TPSA) is 87.7 Å². The van der Waals surface area contributed by atoms with Gasteiger partial charge in [0.05, 0.1) is 28.1 Å². The van der Waals surface area contributed by atoms with E-state index >= 15 is 0 Å². The van der Waals surface area contributed by atoms with Crippen molar-refractivity contribution in [3.05, 3.63) is 40.2 Å². The second kappa shape index (κ2) is 11.4. The molecule has 0 saturated carbocycles. The number of hydrogen-bond donors (Lipinski definition) is 1. The van der Waals surface area contributed by atoms with Gasteiger partial charge in [-0.2, -0.15) is 0 Å². The van der Waals surface area contributed by atoms with E-state index in [2.05, 4.69) is 15.0 Å². The molecule has 2 aromatic heterocycles. The van der Waals surface area contributed by atoms with E-state index in [0.29, 0.717) is 46.9 Å². The Morgan fingerprint density at radius 2 is 2.00 bits per heavy atom. The van der Waals surface area contributed by atoms with Crippen molar-refractivity contribution in [3.63, 3.8) is 0 Å². The van der Waals surface area contributed by atoms with Crippen molar-refractivity contribution < 1.29 is 18.8 Å². The molecule has 210 valence electrons. The van der Waals surface area contributed by atoms with E-state index in [9.17, 15) is 9.50 Å². The average Bonchev–Trinajstić information content (AvgIpc) is 3.58. The van der Waals surface area contributed by atoms with E-state index in [0.717, 1.165) is 54.3 Å². The lowest BCUT2D eigenvalue weighted by Crippen LogP contribution is -2.48. The Hall–Kier alpha value is -2.75. The van der Waals surface area contributed by atoms with Gasteiger partial charge in [0.15, 0.2) is 5.82 Å². The Morgan fingerprint density at radius 3 is 2.64 bits per heavy atom. The highest BCUT2D eigenvalue weighted by atomic mass is 35.5. The number of alkyl halides is 1. The number of anilines is 1. The Labute approximate surface area is 234 Å². The molecule has 39 heavy (non-hydrogen) atoms. The molecule has 0 radical (unpaired) electrons.